The summed E-state index contributed by atoms with van der Waals surface area (Å²) in [5.74, 6) is -1.38. The van der Waals surface area contributed by atoms with E-state index in [4.69, 9.17) is 5.73 Å². The standard InChI is InChI=1S/C27H28F3N5O4/c1-18-22(25(31)37)15-23(35(18)16-19-6-5-9-21(14-19)39-27(28,29)30)24(36)17-33-10-12-34(13-11-33)26(38)32-20-7-3-2-4-8-20/h2-9,14-15H,10-13,16-17H2,1H3,(H2,31,37)(H,32,38). The number of nitrogens with zero attached hydrogens (tertiary/aromatic N) is 3. The second kappa shape index (κ2) is 11.6. The maximum absolute atomic E-state index is 13.3. The lowest BCUT2D eigenvalue weighted by Crippen LogP contribution is -2.51. The molecule has 1 aliphatic rings. The largest absolute Gasteiger partial charge is 0.573 e. The number of ether oxygens (including phenoxy) is 1. The Morgan fingerprint density at radius 3 is 2.31 bits per heavy atom. The second-order valence-electron chi connectivity index (χ2n) is 9.16. The number of anilines is 1. The third-order valence-corrected chi connectivity index (χ3v) is 6.44. The molecule has 0 atom stereocenters. The summed E-state index contributed by atoms with van der Waals surface area (Å²) in [7, 11) is 0. The summed E-state index contributed by atoms with van der Waals surface area (Å²) in [4.78, 5) is 41.5. The minimum absolute atomic E-state index is 0.0304. The molecule has 1 fully saturated rings. The molecule has 9 nitrogen and oxygen atoms in total. The smallest absolute Gasteiger partial charge is 0.406 e. The van der Waals surface area contributed by atoms with Crippen LogP contribution in [0.2, 0.25) is 0 Å². The molecule has 0 spiro atoms. The predicted molar refractivity (Wildman–Crippen MR) is 138 cm³/mol. The van der Waals surface area contributed by atoms with Crippen LogP contribution in [-0.4, -0.2) is 71.2 Å². The first-order chi connectivity index (χ1) is 18.5. The van der Waals surface area contributed by atoms with Crippen LogP contribution in [0, 0.1) is 6.92 Å². The van der Waals surface area contributed by atoms with E-state index in [2.05, 4.69) is 10.1 Å². The Hall–Kier alpha value is -4.32. The Kier molecular flexibility index (Phi) is 8.24. The van der Waals surface area contributed by atoms with Crippen LogP contribution in [0.5, 0.6) is 5.75 Å². The molecule has 3 amide bonds. The highest BCUT2D eigenvalue weighted by atomic mass is 19.4. The fraction of sp³-hybridized carbons (Fsp3) is 0.296. The van der Waals surface area contributed by atoms with E-state index in [-0.39, 0.29) is 41.9 Å². The average molecular weight is 544 g/mol. The van der Waals surface area contributed by atoms with Crippen molar-refractivity contribution in [2.45, 2.75) is 19.8 Å². The highest BCUT2D eigenvalue weighted by molar-refractivity contribution is 6.01. The summed E-state index contributed by atoms with van der Waals surface area (Å²) in [6, 6.07) is 15.7. The molecule has 1 aromatic heterocycles. The number of urea groups is 1. The number of carbonyl (C=O) groups excluding carboxylic acids is 3. The van der Waals surface area contributed by atoms with Gasteiger partial charge in [0, 0.05) is 44.1 Å². The minimum atomic E-state index is -4.84. The number of alkyl halides is 3. The molecule has 3 aromatic rings. The van der Waals surface area contributed by atoms with Gasteiger partial charge in [-0.25, -0.2) is 4.79 Å². The van der Waals surface area contributed by atoms with E-state index in [0.717, 1.165) is 0 Å². The molecule has 0 aliphatic carbocycles. The molecule has 12 heteroatoms. The molecule has 39 heavy (non-hydrogen) atoms. The van der Waals surface area contributed by atoms with Crippen molar-refractivity contribution in [3.05, 3.63) is 83.2 Å². The van der Waals surface area contributed by atoms with Crippen LogP contribution < -0.4 is 15.8 Å². The number of nitrogens with two attached hydrogens (primary N) is 1. The molecule has 0 unspecified atom stereocenters. The number of para-hydroxylation sites is 1. The molecular formula is C27H28F3N5O4. The molecule has 0 radical (unpaired) electrons. The Labute approximate surface area is 222 Å². The van der Waals surface area contributed by atoms with Gasteiger partial charge in [0.25, 0.3) is 5.91 Å². The molecule has 2 aromatic carbocycles. The van der Waals surface area contributed by atoms with Crippen LogP contribution in [0.25, 0.3) is 0 Å². The summed E-state index contributed by atoms with van der Waals surface area (Å²) in [5.41, 5.74) is 7.44. The molecule has 1 aliphatic heterocycles. The van der Waals surface area contributed by atoms with Crippen molar-refractivity contribution in [2.75, 3.05) is 38.0 Å². The van der Waals surface area contributed by atoms with Gasteiger partial charge in [-0.15, -0.1) is 13.2 Å². The third kappa shape index (κ3) is 7.17. The SMILES string of the molecule is Cc1c(C(N)=O)cc(C(=O)CN2CCN(C(=O)Nc3ccccc3)CC2)n1Cc1cccc(OC(F)(F)F)c1. The molecular weight excluding hydrogens is 515 g/mol. The van der Waals surface area contributed by atoms with Crippen LogP contribution in [0.3, 0.4) is 0 Å². The fourth-order valence-electron chi connectivity index (χ4n) is 4.47. The lowest BCUT2D eigenvalue weighted by atomic mass is 10.2. The van der Waals surface area contributed by atoms with Crippen molar-refractivity contribution in [3.8, 4) is 5.75 Å². The number of piperazine rings is 1. The lowest BCUT2D eigenvalue weighted by molar-refractivity contribution is -0.274. The normalized spacial score (nSPS) is 14.2. The summed E-state index contributed by atoms with van der Waals surface area (Å²) >= 11 is 0. The van der Waals surface area contributed by atoms with Crippen molar-refractivity contribution in [3.63, 3.8) is 0 Å². The molecule has 4 rings (SSSR count). The number of hydrogen-bond donors (Lipinski definition) is 2. The van der Waals surface area contributed by atoms with Gasteiger partial charge in [-0.3, -0.25) is 14.5 Å². The number of hydrogen-bond acceptors (Lipinski definition) is 5. The van der Waals surface area contributed by atoms with E-state index in [0.29, 0.717) is 43.1 Å². The van der Waals surface area contributed by atoms with Gasteiger partial charge in [-0.2, -0.15) is 0 Å². The summed E-state index contributed by atoms with van der Waals surface area (Å²) < 4.78 is 43.6. The lowest BCUT2D eigenvalue weighted by Gasteiger charge is -2.34. The molecule has 3 N–H and O–H groups in total. The number of benzene rings is 2. The van der Waals surface area contributed by atoms with Gasteiger partial charge in [0.2, 0.25) is 0 Å². The van der Waals surface area contributed by atoms with Crippen LogP contribution in [0.4, 0.5) is 23.7 Å². The van der Waals surface area contributed by atoms with Crippen LogP contribution in [0.1, 0.15) is 32.1 Å². The van der Waals surface area contributed by atoms with Crippen molar-refractivity contribution in [2.24, 2.45) is 5.73 Å². The number of primary amides is 1. The van der Waals surface area contributed by atoms with Gasteiger partial charge in [0.1, 0.15) is 5.75 Å². The van der Waals surface area contributed by atoms with Crippen molar-refractivity contribution >= 4 is 23.4 Å². The van der Waals surface area contributed by atoms with E-state index in [1.165, 1.54) is 24.3 Å². The number of Topliss-reactive ketones (excluding diaryl/α,β-unsaturated/α-hetero) is 1. The zero-order valence-corrected chi connectivity index (χ0v) is 21.2. The minimum Gasteiger partial charge on any atom is -0.406 e. The first-order valence-electron chi connectivity index (χ1n) is 12.2. The van der Waals surface area contributed by atoms with Gasteiger partial charge in [-0.05, 0) is 42.8 Å². The highest BCUT2D eigenvalue weighted by Gasteiger charge is 2.31. The molecule has 206 valence electrons. The van der Waals surface area contributed by atoms with E-state index in [1.807, 2.05) is 23.1 Å². The Balaban J connectivity index is 1.44. The second-order valence-corrected chi connectivity index (χ2v) is 9.16. The van der Waals surface area contributed by atoms with Crippen molar-refractivity contribution in [1.82, 2.24) is 14.4 Å². The first kappa shape index (κ1) is 27.7. The van der Waals surface area contributed by atoms with Gasteiger partial charge >= 0.3 is 12.4 Å². The number of nitrogens with one attached hydrogen (secondary N) is 1. The Morgan fingerprint density at radius 1 is 0.974 bits per heavy atom. The van der Waals surface area contributed by atoms with Crippen molar-refractivity contribution < 1.29 is 32.3 Å². The highest BCUT2D eigenvalue weighted by Crippen LogP contribution is 2.25. The first-order valence-corrected chi connectivity index (χ1v) is 12.2. The quantitative estimate of drug-likeness (QED) is 0.419. The monoisotopic (exact) mass is 543 g/mol. The topological polar surface area (TPSA) is 110 Å². The predicted octanol–water partition coefficient (Wildman–Crippen LogP) is 3.87. The van der Waals surface area contributed by atoms with Crippen LogP contribution in [-0.2, 0) is 6.54 Å². The summed E-state index contributed by atoms with van der Waals surface area (Å²) in [5, 5.41) is 2.84. The van der Waals surface area contributed by atoms with Gasteiger partial charge in [0.15, 0.2) is 5.78 Å². The van der Waals surface area contributed by atoms with Crippen LogP contribution in [0.15, 0.2) is 60.7 Å². The van der Waals surface area contributed by atoms with E-state index in [1.54, 1.807) is 34.6 Å². The van der Waals surface area contributed by atoms with Gasteiger partial charge < -0.3 is 25.3 Å². The maximum atomic E-state index is 13.3. The Morgan fingerprint density at radius 2 is 1.67 bits per heavy atom. The maximum Gasteiger partial charge on any atom is 0.573 e. The van der Waals surface area contributed by atoms with Gasteiger partial charge in [-0.1, -0.05) is 30.3 Å². The Bertz CT molecular complexity index is 1350. The molecule has 2 heterocycles. The molecule has 0 bridgehead atoms. The molecule has 1 saturated heterocycles. The molecule has 0 saturated carbocycles. The number of rotatable bonds is 8. The number of halogens is 3. The summed E-state index contributed by atoms with van der Waals surface area (Å²) in [6.07, 6.45) is -4.84. The summed E-state index contributed by atoms with van der Waals surface area (Å²) in [6.45, 7) is 3.46. The van der Waals surface area contributed by atoms with E-state index in [9.17, 15) is 27.6 Å². The number of aromatic nitrogens is 1. The number of ketones is 1. The zero-order chi connectivity index (χ0) is 28.2. The fourth-order valence-corrected chi connectivity index (χ4v) is 4.47. The average Bonchev–Trinajstić information content (AvgIpc) is 3.20. The third-order valence-electron chi connectivity index (χ3n) is 6.44. The van der Waals surface area contributed by atoms with Crippen molar-refractivity contribution in [1.29, 1.82) is 0 Å². The van der Waals surface area contributed by atoms with Gasteiger partial charge in [0.05, 0.1) is 17.8 Å². The number of amides is 3. The number of carbonyl (C=O) groups is 3. The van der Waals surface area contributed by atoms with Crippen LogP contribution >= 0.6 is 0 Å². The zero-order valence-electron chi connectivity index (χ0n) is 21.2. The van der Waals surface area contributed by atoms with E-state index >= 15 is 0 Å². The van der Waals surface area contributed by atoms with E-state index < -0.39 is 12.3 Å².